The Balaban J connectivity index is 2.01. The van der Waals surface area contributed by atoms with Gasteiger partial charge in [-0.15, -0.1) is 0 Å². The lowest BCUT2D eigenvalue weighted by atomic mass is 10.2. The van der Waals surface area contributed by atoms with E-state index in [1.54, 1.807) is 6.92 Å². The molecule has 2 rings (SSSR count). The molecule has 1 atom stereocenters. The molecule has 0 radical (unpaired) electrons. The van der Waals surface area contributed by atoms with Gasteiger partial charge in [0.25, 0.3) is 0 Å². The number of nitrogens with zero attached hydrogens (tertiary/aromatic N) is 1. The van der Waals surface area contributed by atoms with Crippen LogP contribution in [0.1, 0.15) is 13.3 Å². The first-order chi connectivity index (χ1) is 9.06. The van der Waals surface area contributed by atoms with Crippen LogP contribution in [0.3, 0.4) is 0 Å². The summed E-state index contributed by atoms with van der Waals surface area (Å²) in [6.07, 6.45) is 1.78. The minimum absolute atomic E-state index is 0.0713. The number of para-hydroxylation sites is 1. The van der Waals surface area contributed by atoms with Gasteiger partial charge in [0.1, 0.15) is 6.54 Å². The third-order valence-corrected chi connectivity index (χ3v) is 2.88. The predicted octanol–water partition coefficient (Wildman–Crippen LogP) is 1.62. The highest BCUT2D eigenvalue weighted by atomic mass is 16.4. The number of amides is 1. The number of carboxylic acids is 1. The Labute approximate surface area is 110 Å². The SMILES string of the molecule is CC(CC(=O)O)NC(=O)Cn1ccc2ccccc21. The van der Waals surface area contributed by atoms with Crippen molar-refractivity contribution in [2.75, 3.05) is 0 Å². The molecule has 19 heavy (non-hydrogen) atoms. The fourth-order valence-corrected chi connectivity index (χ4v) is 2.07. The fourth-order valence-electron chi connectivity index (χ4n) is 2.07. The molecule has 0 saturated carbocycles. The van der Waals surface area contributed by atoms with Crippen molar-refractivity contribution < 1.29 is 14.7 Å². The highest BCUT2D eigenvalue weighted by molar-refractivity contribution is 5.83. The van der Waals surface area contributed by atoms with Crippen molar-refractivity contribution >= 4 is 22.8 Å². The number of fused-ring (bicyclic) bond motifs is 1. The molecule has 0 aliphatic heterocycles. The van der Waals surface area contributed by atoms with Gasteiger partial charge in [-0.1, -0.05) is 18.2 Å². The van der Waals surface area contributed by atoms with E-state index in [0.29, 0.717) is 0 Å². The molecule has 1 amide bonds. The molecule has 1 heterocycles. The second kappa shape index (κ2) is 5.56. The standard InChI is InChI=1S/C14H16N2O3/c1-10(8-14(18)19)15-13(17)9-16-7-6-11-4-2-3-5-12(11)16/h2-7,10H,8-9H2,1H3,(H,15,17)(H,18,19). The van der Waals surface area contributed by atoms with E-state index in [0.717, 1.165) is 10.9 Å². The van der Waals surface area contributed by atoms with E-state index in [1.807, 2.05) is 41.1 Å². The molecule has 0 fully saturated rings. The van der Waals surface area contributed by atoms with Gasteiger partial charge in [-0.05, 0) is 24.4 Å². The number of hydrogen-bond acceptors (Lipinski definition) is 2. The number of benzene rings is 1. The summed E-state index contributed by atoms with van der Waals surface area (Å²) in [5.41, 5.74) is 0.989. The van der Waals surface area contributed by atoms with Crippen molar-refractivity contribution in [3.8, 4) is 0 Å². The molecule has 1 unspecified atom stereocenters. The molecule has 5 heteroatoms. The molecule has 5 nitrogen and oxygen atoms in total. The number of rotatable bonds is 5. The van der Waals surface area contributed by atoms with E-state index in [-0.39, 0.29) is 24.9 Å². The summed E-state index contributed by atoms with van der Waals surface area (Å²) in [4.78, 5) is 22.3. The summed E-state index contributed by atoms with van der Waals surface area (Å²) >= 11 is 0. The lowest BCUT2D eigenvalue weighted by molar-refractivity contribution is -0.137. The van der Waals surface area contributed by atoms with Crippen molar-refractivity contribution in [2.45, 2.75) is 25.9 Å². The first kappa shape index (κ1) is 13.1. The highest BCUT2D eigenvalue weighted by Crippen LogP contribution is 2.14. The maximum atomic E-state index is 11.8. The molecule has 0 saturated heterocycles. The van der Waals surface area contributed by atoms with Crippen molar-refractivity contribution in [3.05, 3.63) is 36.5 Å². The van der Waals surface area contributed by atoms with Crippen LogP contribution in [-0.2, 0) is 16.1 Å². The summed E-state index contributed by atoms with van der Waals surface area (Å²) in [6, 6.07) is 9.38. The number of hydrogen-bond donors (Lipinski definition) is 2. The Bertz CT molecular complexity index is 604. The first-order valence-electron chi connectivity index (χ1n) is 6.11. The van der Waals surface area contributed by atoms with Crippen LogP contribution >= 0.6 is 0 Å². The average Bonchev–Trinajstić information content (AvgIpc) is 2.71. The van der Waals surface area contributed by atoms with Gasteiger partial charge < -0.3 is 15.0 Å². The summed E-state index contributed by atoms with van der Waals surface area (Å²) in [5, 5.41) is 12.4. The maximum absolute atomic E-state index is 11.8. The third kappa shape index (κ3) is 3.34. The van der Waals surface area contributed by atoms with Gasteiger partial charge in [0.2, 0.25) is 5.91 Å². The van der Waals surface area contributed by atoms with Gasteiger partial charge in [0.15, 0.2) is 0 Å². The Hall–Kier alpha value is -2.30. The molecular weight excluding hydrogens is 244 g/mol. The van der Waals surface area contributed by atoms with Crippen LogP contribution in [0, 0.1) is 0 Å². The predicted molar refractivity (Wildman–Crippen MR) is 71.8 cm³/mol. The molecule has 2 aromatic rings. The zero-order valence-corrected chi connectivity index (χ0v) is 10.7. The van der Waals surface area contributed by atoms with E-state index in [9.17, 15) is 9.59 Å². The summed E-state index contributed by atoms with van der Waals surface area (Å²) in [5.74, 6) is -1.10. The molecule has 0 spiro atoms. The van der Waals surface area contributed by atoms with Crippen molar-refractivity contribution in [1.82, 2.24) is 9.88 Å². The largest absolute Gasteiger partial charge is 0.481 e. The minimum atomic E-state index is -0.917. The van der Waals surface area contributed by atoms with Crippen LogP contribution in [0.4, 0.5) is 0 Å². The zero-order valence-electron chi connectivity index (χ0n) is 10.7. The fraction of sp³-hybridized carbons (Fsp3) is 0.286. The van der Waals surface area contributed by atoms with Crippen LogP contribution in [0.2, 0.25) is 0 Å². The van der Waals surface area contributed by atoms with E-state index in [1.165, 1.54) is 0 Å². The minimum Gasteiger partial charge on any atom is -0.481 e. The molecule has 1 aromatic heterocycles. The summed E-state index contributed by atoms with van der Waals surface area (Å²) < 4.78 is 1.85. The maximum Gasteiger partial charge on any atom is 0.305 e. The zero-order chi connectivity index (χ0) is 13.8. The lowest BCUT2D eigenvalue weighted by Crippen LogP contribution is -2.36. The van der Waals surface area contributed by atoms with Gasteiger partial charge in [0, 0.05) is 17.8 Å². The van der Waals surface area contributed by atoms with E-state index >= 15 is 0 Å². The van der Waals surface area contributed by atoms with Crippen molar-refractivity contribution in [2.24, 2.45) is 0 Å². The van der Waals surface area contributed by atoms with Crippen LogP contribution in [0.25, 0.3) is 10.9 Å². The Morgan fingerprint density at radius 2 is 2.05 bits per heavy atom. The number of aromatic nitrogens is 1. The molecule has 0 bridgehead atoms. The second-order valence-corrected chi connectivity index (χ2v) is 4.57. The molecule has 1 aromatic carbocycles. The van der Waals surface area contributed by atoms with E-state index in [2.05, 4.69) is 5.32 Å². The third-order valence-electron chi connectivity index (χ3n) is 2.88. The number of carboxylic acid groups (broad SMARTS) is 1. The van der Waals surface area contributed by atoms with Gasteiger partial charge in [0.05, 0.1) is 6.42 Å². The van der Waals surface area contributed by atoms with Crippen molar-refractivity contribution in [1.29, 1.82) is 0 Å². The quantitative estimate of drug-likeness (QED) is 0.858. The van der Waals surface area contributed by atoms with Crippen LogP contribution in [0.15, 0.2) is 36.5 Å². The Morgan fingerprint density at radius 1 is 1.32 bits per heavy atom. The number of nitrogens with one attached hydrogen (secondary N) is 1. The average molecular weight is 260 g/mol. The van der Waals surface area contributed by atoms with Gasteiger partial charge in [-0.2, -0.15) is 0 Å². The van der Waals surface area contributed by atoms with E-state index in [4.69, 9.17) is 5.11 Å². The summed E-state index contributed by atoms with van der Waals surface area (Å²) in [7, 11) is 0. The van der Waals surface area contributed by atoms with Crippen LogP contribution in [0.5, 0.6) is 0 Å². The van der Waals surface area contributed by atoms with Crippen LogP contribution < -0.4 is 5.32 Å². The first-order valence-corrected chi connectivity index (χ1v) is 6.11. The van der Waals surface area contributed by atoms with Gasteiger partial charge in [-0.25, -0.2) is 0 Å². The van der Waals surface area contributed by atoms with Gasteiger partial charge in [-0.3, -0.25) is 9.59 Å². The topological polar surface area (TPSA) is 71.3 Å². The molecule has 0 aliphatic carbocycles. The van der Waals surface area contributed by atoms with Gasteiger partial charge >= 0.3 is 5.97 Å². The molecule has 2 N–H and O–H groups in total. The smallest absolute Gasteiger partial charge is 0.305 e. The number of aliphatic carboxylic acids is 1. The number of carbonyl (C=O) groups excluding carboxylic acids is 1. The lowest BCUT2D eigenvalue weighted by Gasteiger charge is -2.12. The molecule has 100 valence electrons. The van der Waals surface area contributed by atoms with Crippen molar-refractivity contribution in [3.63, 3.8) is 0 Å². The monoisotopic (exact) mass is 260 g/mol. The summed E-state index contributed by atoms with van der Waals surface area (Å²) in [6.45, 7) is 1.87. The number of carbonyl (C=O) groups is 2. The Kier molecular flexibility index (Phi) is 3.85. The molecular formula is C14H16N2O3. The normalized spacial score (nSPS) is 12.3. The molecule has 0 aliphatic rings. The Morgan fingerprint density at radius 3 is 2.79 bits per heavy atom. The van der Waals surface area contributed by atoms with Crippen LogP contribution in [-0.4, -0.2) is 27.6 Å². The highest BCUT2D eigenvalue weighted by Gasteiger charge is 2.11. The van der Waals surface area contributed by atoms with E-state index < -0.39 is 5.97 Å². The second-order valence-electron chi connectivity index (χ2n) is 4.57.